The van der Waals surface area contributed by atoms with Gasteiger partial charge in [0.15, 0.2) is 11.4 Å². The van der Waals surface area contributed by atoms with Gasteiger partial charge in [0.05, 0.1) is 0 Å². The fourth-order valence-corrected chi connectivity index (χ4v) is 2.68. The van der Waals surface area contributed by atoms with Crippen LogP contribution in [0.3, 0.4) is 0 Å². The van der Waals surface area contributed by atoms with Crippen molar-refractivity contribution in [3.8, 4) is 5.75 Å². The Balaban J connectivity index is 1.82. The predicted octanol–water partition coefficient (Wildman–Crippen LogP) is 1.81. The maximum Gasteiger partial charge on any atom is 0.366 e. The standard InChI is InChI=1S/C18H18N4O5/c1-18(2)17(24)21(11-15(23)19-10-12-6-4-3-5-7-12)16-13(27-18)8-9-14(20-16)22(25)26/h3-9H,10-11H2,1-2H3,(H,19,23). The molecule has 3 rings (SSSR count). The average molecular weight is 370 g/mol. The van der Waals surface area contributed by atoms with Crippen LogP contribution in [0, 0.1) is 10.1 Å². The molecule has 140 valence electrons. The van der Waals surface area contributed by atoms with Gasteiger partial charge in [0.1, 0.15) is 6.54 Å². The van der Waals surface area contributed by atoms with Gasteiger partial charge >= 0.3 is 5.82 Å². The second kappa shape index (κ2) is 7.02. The molecule has 0 aliphatic carbocycles. The molecule has 0 fully saturated rings. The molecular weight excluding hydrogens is 352 g/mol. The van der Waals surface area contributed by atoms with Crippen LogP contribution in [0.2, 0.25) is 0 Å². The quantitative estimate of drug-likeness (QED) is 0.634. The number of aromatic nitrogens is 1. The molecular formula is C18H18N4O5. The second-order valence-corrected chi connectivity index (χ2v) is 6.51. The molecule has 0 atom stereocenters. The fraction of sp³-hybridized carbons (Fsp3) is 0.278. The summed E-state index contributed by atoms with van der Waals surface area (Å²) in [5.74, 6) is -1.17. The Morgan fingerprint density at radius 2 is 1.96 bits per heavy atom. The number of hydrogen-bond donors (Lipinski definition) is 1. The molecule has 0 unspecified atom stereocenters. The Bertz CT molecular complexity index is 898. The van der Waals surface area contributed by atoms with Crippen LogP contribution < -0.4 is 15.0 Å². The van der Waals surface area contributed by atoms with Crippen molar-refractivity contribution in [3.63, 3.8) is 0 Å². The van der Waals surface area contributed by atoms with Crippen LogP contribution >= 0.6 is 0 Å². The minimum atomic E-state index is -1.22. The summed E-state index contributed by atoms with van der Waals surface area (Å²) in [5, 5.41) is 13.7. The zero-order valence-corrected chi connectivity index (χ0v) is 14.8. The summed E-state index contributed by atoms with van der Waals surface area (Å²) in [5.41, 5.74) is -0.307. The molecule has 9 heteroatoms. The monoisotopic (exact) mass is 370 g/mol. The summed E-state index contributed by atoms with van der Waals surface area (Å²) in [7, 11) is 0. The highest BCUT2D eigenvalue weighted by molar-refractivity contribution is 6.05. The number of rotatable bonds is 5. The van der Waals surface area contributed by atoms with Crippen molar-refractivity contribution in [1.82, 2.24) is 10.3 Å². The lowest BCUT2D eigenvalue weighted by molar-refractivity contribution is -0.389. The number of anilines is 1. The minimum absolute atomic E-state index is 0.0385. The van der Waals surface area contributed by atoms with Crippen LogP contribution in [0.1, 0.15) is 19.4 Å². The van der Waals surface area contributed by atoms with Crippen LogP contribution in [-0.4, -0.2) is 33.9 Å². The molecule has 0 radical (unpaired) electrons. The number of nitro groups is 1. The van der Waals surface area contributed by atoms with E-state index in [1.807, 2.05) is 30.3 Å². The Labute approximate surface area is 155 Å². The third kappa shape index (κ3) is 3.86. The number of hydrogen-bond acceptors (Lipinski definition) is 6. The van der Waals surface area contributed by atoms with E-state index in [-0.39, 0.29) is 18.1 Å². The molecule has 2 amide bonds. The fourth-order valence-electron chi connectivity index (χ4n) is 2.68. The van der Waals surface area contributed by atoms with Crippen LogP contribution in [-0.2, 0) is 16.1 Å². The van der Waals surface area contributed by atoms with Crippen molar-refractivity contribution in [2.75, 3.05) is 11.4 Å². The number of carbonyl (C=O) groups excluding carboxylic acids is 2. The Morgan fingerprint density at radius 3 is 2.63 bits per heavy atom. The van der Waals surface area contributed by atoms with Gasteiger partial charge in [0.2, 0.25) is 5.91 Å². The van der Waals surface area contributed by atoms with Crippen LogP contribution in [0.25, 0.3) is 0 Å². The smallest absolute Gasteiger partial charge is 0.366 e. The van der Waals surface area contributed by atoms with E-state index in [2.05, 4.69) is 10.3 Å². The maximum atomic E-state index is 12.7. The number of carbonyl (C=O) groups is 2. The number of fused-ring (bicyclic) bond motifs is 1. The van der Waals surface area contributed by atoms with Gasteiger partial charge in [-0.1, -0.05) is 30.3 Å². The zero-order chi connectivity index (χ0) is 19.6. The molecule has 0 bridgehead atoms. The van der Waals surface area contributed by atoms with E-state index in [4.69, 9.17) is 4.74 Å². The van der Waals surface area contributed by atoms with Crippen LogP contribution in [0.5, 0.6) is 5.75 Å². The number of pyridine rings is 1. The first-order valence-electron chi connectivity index (χ1n) is 8.25. The molecule has 1 N–H and O–H groups in total. The second-order valence-electron chi connectivity index (χ2n) is 6.51. The van der Waals surface area contributed by atoms with E-state index in [0.717, 1.165) is 10.5 Å². The lowest BCUT2D eigenvalue weighted by Gasteiger charge is -2.35. The van der Waals surface area contributed by atoms with Gasteiger partial charge in [-0.25, -0.2) is 0 Å². The Hall–Kier alpha value is -3.49. The number of nitrogens with zero attached hydrogens (tertiary/aromatic N) is 3. The SMILES string of the molecule is CC1(C)Oc2ccc([N+](=O)[O-])nc2N(CC(=O)NCc2ccccc2)C1=O. The van der Waals surface area contributed by atoms with Gasteiger partial charge in [-0.3, -0.25) is 14.5 Å². The highest BCUT2D eigenvalue weighted by Crippen LogP contribution is 2.37. The van der Waals surface area contributed by atoms with Gasteiger partial charge in [0, 0.05) is 12.6 Å². The Kier molecular flexibility index (Phi) is 4.76. The van der Waals surface area contributed by atoms with E-state index in [9.17, 15) is 19.7 Å². The largest absolute Gasteiger partial charge is 0.472 e. The first-order valence-corrected chi connectivity index (χ1v) is 8.25. The molecule has 1 aliphatic heterocycles. The molecule has 1 aromatic carbocycles. The topological polar surface area (TPSA) is 115 Å². The number of benzene rings is 1. The summed E-state index contributed by atoms with van der Waals surface area (Å²) >= 11 is 0. The lowest BCUT2D eigenvalue weighted by Crippen LogP contribution is -2.55. The lowest BCUT2D eigenvalue weighted by atomic mass is 10.1. The van der Waals surface area contributed by atoms with Crippen molar-refractivity contribution in [3.05, 3.63) is 58.1 Å². The number of ether oxygens (including phenoxy) is 1. The summed E-state index contributed by atoms with van der Waals surface area (Å²) in [4.78, 5) is 40.4. The highest BCUT2D eigenvalue weighted by Gasteiger charge is 2.45. The van der Waals surface area contributed by atoms with Crippen LogP contribution in [0.15, 0.2) is 42.5 Å². The third-order valence-electron chi connectivity index (χ3n) is 4.03. The summed E-state index contributed by atoms with van der Waals surface area (Å²) in [6, 6.07) is 11.9. The predicted molar refractivity (Wildman–Crippen MR) is 96.2 cm³/mol. The summed E-state index contributed by atoms with van der Waals surface area (Å²) in [6.45, 7) is 3.11. The molecule has 0 saturated heterocycles. The molecule has 9 nitrogen and oxygen atoms in total. The maximum absolute atomic E-state index is 12.7. The van der Waals surface area contributed by atoms with E-state index >= 15 is 0 Å². The van der Waals surface area contributed by atoms with Crippen molar-refractivity contribution in [1.29, 1.82) is 0 Å². The minimum Gasteiger partial charge on any atom is -0.472 e. The van der Waals surface area contributed by atoms with Gasteiger partial charge in [0.25, 0.3) is 11.7 Å². The van der Waals surface area contributed by atoms with Crippen molar-refractivity contribution in [2.24, 2.45) is 0 Å². The van der Waals surface area contributed by atoms with E-state index < -0.39 is 28.2 Å². The highest BCUT2D eigenvalue weighted by atomic mass is 16.6. The normalized spacial score (nSPS) is 14.9. The van der Waals surface area contributed by atoms with E-state index in [1.54, 1.807) is 13.8 Å². The first kappa shape index (κ1) is 18.3. The van der Waals surface area contributed by atoms with Crippen molar-refractivity contribution >= 4 is 23.5 Å². The average Bonchev–Trinajstić information content (AvgIpc) is 2.64. The first-order chi connectivity index (χ1) is 12.8. The number of amides is 2. The molecule has 0 saturated carbocycles. The van der Waals surface area contributed by atoms with Crippen molar-refractivity contribution < 1.29 is 19.2 Å². The van der Waals surface area contributed by atoms with Gasteiger partial charge in [-0.05, 0) is 35.4 Å². The van der Waals surface area contributed by atoms with E-state index in [1.165, 1.54) is 12.1 Å². The molecule has 27 heavy (non-hydrogen) atoms. The third-order valence-corrected chi connectivity index (χ3v) is 4.03. The molecule has 1 aromatic heterocycles. The number of nitrogens with one attached hydrogen (secondary N) is 1. The zero-order valence-electron chi connectivity index (χ0n) is 14.8. The summed E-state index contributed by atoms with van der Waals surface area (Å²) in [6.07, 6.45) is 0. The van der Waals surface area contributed by atoms with Gasteiger partial charge in [-0.2, -0.15) is 0 Å². The van der Waals surface area contributed by atoms with Gasteiger partial charge in [-0.15, -0.1) is 0 Å². The molecule has 2 aromatic rings. The van der Waals surface area contributed by atoms with Crippen molar-refractivity contribution in [2.45, 2.75) is 26.0 Å². The summed E-state index contributed by atoms with van der Waals surface area (Å²) < 4.78 is 5.60. The van der Waals surface area contributed by atoms with Gasteiger partial charge < -0.3 is 20.2 Å². The molecule has 2 heterocycles. The van der Waals surface area contributed by atoms with E-state index in [0.29, 0.717) is 6.54 Å². The van der Waals surface area contributed by atoms with Crippen LogP contribution in [0.4, 0.5) is 11.6 Å². The molecule has 1 aliphatic rings. The molecule has 0 spiro atoms. The Morgan fingerprint density at radius 1 is 1.26 bits per heavy atom.